The van der Waals surface area contributed by atoms with Crippen molar-refractivity contribution < 1.29 is 4.79 Å². The van der Waals surface area contributed by atoms with Crippen molar-refractivity contribution in [2.45, 2.75) is 31.8 Å². The van der Waals surface area contributed by atoms with Crippen LogP contribution in [0.25, 0.3) is 0 Å². The molecule has 0 bridgehead atoms. The number of benzene rings is 1. The molecule has 3 rings (SSSR count). The van der Waals surface area contributed by atoms with Crippen molar-refractivity contribution in [2.24, 2.45) is 0 Å². The zero-order valence-corrected chi connectivity index (χ0v) is 12.2. The molecule has 1 saturated carbocycles. The first kappa shape index (κ1) is 13.7. The van der Waals surface area contributed by atoms with Crippen LogP contribution in [0.15, 0.2) is 36.7 Å². The molecule has 2 N–H and O–H groups in total. The first-order valence-corrected chi connectivity index (χ1v) is 7.30. The molecule has 1 aliphatic rings. The van der Waals surface area contributed by atoms with E-state index in [1.54, 1.807) is 17.9 Å². The second-order valence-corrected chi connectivity index (χ2v) is 5.47. The molecule has 0 spiro atoms. The summed E-state index contributed by atoms with van der Waals surface area (Å²) in [5, 5.41) is 10.1. The summed E-state index contributed by atoms with van der Waals surface area (Å²) >= 11 is 0. The van der Waals surface area contributed by atoms with E-state index in [2.05, 4.69) is 40.0 Å². The van der Waals surface area contributed by atoms with E-state index in [4.69, 9.17) is 0 Å². The molecule has 0 radical (unpaired) electrons. The number of hydrogen-bond acceptors (Lipinski definition) is 3. The van der Waals surface area contributed by atoms with E-state index < -0.39 is 0 Å². The number of nitrogens with zero attached hydrogens (tertiary/aromatic N) is 2. The molecule has 5 nitrogen and oxygen atoms in total. The van der Waals surface area contributed by atoms with Gasteiger partial charge in [-0.3, -0.25) is 9.48 Å². The Kier molecular flexibility index (Phi) is 3.90. The van der Waals surface area contributed by atoms with E-state index in [1.165, 1.54) is 24.0 Å². The standard InChI is InChI=1S/C16H20N4O/c1-17-16(21)11-20-10-15(9-19-20)18-8-12-3-2-4-14(7-12)13-5-6-13/h2-4,7,9-10,13,18H,5-6,8,11H2,1H3,(H,17,21). The van der Waals surface area contributed by atoms with E-state index >= 15 is 0 Å². The lowest BCUT2D eigenvalue weighted by Gasteiger charge is -2.06. The topological polar surface area (TPSA) is 59.0 Å². The summed E-state index contributed by atoms with van der Waals surface area (Å²) in [5.74, 6) is 0.724. The van der Waals surface area contributed by atoms with Crippen LogP contribution in [-0.4, -0.2) is 22.7 Å². The van der Waals surface area contributed by atoms with Gasteiger partial charge in [-0.25, -0.2) is 0 Å². The van der Waals surface area contributed by atoms with Crippen LogP contribution < -0.4 is 10.6 Å². The second-order valence-electron chi connectivity index (χ2n) is 5.47. The van der Waals surface area contributed by atoms with Crippen LogP contribution in [0.1, 0.15) is 29.9 Å². The van der Waals surface area contributed by atoms with Gasteiger partial charge in [0.2, 0.25) is 5.91 Å². The van der Waals surface area contributed by atoms with Gasteiger partial charge >= 0.3 is 0 Å². The largest absolute Gasteiger partial charge is 0.378 e. The van der Waals surface area contributed by atoms with Gasteiger partial charge in [0.05, 0.1) is 11.9 Å². The summed E-state index contributed by atoms with van der Waals surface area (Å²) in [6, 6.07) is 8.75. The molecule has 1 heterocycles. The van der Waals surface area contributed by atoms with Gasteiger partial charge in [-0.1, -0.05) is 24.3 Å². The first-order valence-electron chi connectivity index (χ1n) is 7.30. The van der Waals surface area contributed by atoms with Gasteiger partial charge in [0.25, 0.3) is 0 Å². The van der Waals surface area contributed by atoms with Gasteiger partial charge in [-0.05, 0) is 29.9 Å². The van der Waals surface area contributed by atoms with Crippen molar-refractivity contribution in [3.8, 4) is 0 Å². The van der Waals surface area contributed by atoms with Gasteiger partial charge in [0, 0.05) is 19.8 Å². The second kappa shape index (κ2) is 5.99. The minimum atomic E-state index is -0.0539. The number of carbonyl (C=O) groups is 1. The number of rotatable bonds is 6. The summed E-state index contributed by atoms with van der Waals surface area (Å²) in [6.45, 7) is 1.02. The molecule has 1 fully saturated rings. The maximum atomic E-state index is 11.3. The van der Waals surface area contributed by atoms with E-state index in [-0.39, 0.29) is 12.5 Å². The molecule has 0 atom stereocenters. The summed E-state index contributed by atoms with van der Waals surface area (Å²) in [6.07, 6.45) is 6.24. The van der Waals surface area contributed by atoms with E-state index in [9.17, 15) is 4.79 Å². The monoisotopic (exact) mass is 284 g/mol. The van der Waals surface area contributed by atoms with E-state index in [0.29, 0.717) is 0 Å². The molecule has 0 aliphatic heterocycles. The number of hydrogen-bond donors (Lipinski definition) is 2. The van der Waals surface area contributed by atoms with Crippen molar-refractivity contribution in [1.29, 1.82) is 0 Å². The van der Waals surface area contributed by atoms with Crippen molar-refractivity contribution in [3.05, 3.63) is 47.8 Å². The summed E-state index contributed by atoms with van der Waals surface area (Å²) in [7, 11) is 1.62. The Balaban J connectivity index is 1.57. The Labute approximate surface area is 124 Å². The average Bonchev–Trinajstić information content (AvgIpc) is 3.27. The molecule has 1 aromatic carbocycles. The van der Waals surface area contributed by atoms with Crippen molar-refractivity contribution in [2.75, 3.05) is 12.4 Å². The lowest BCUT2D eigenvalue weighted by atomic mass is 10.1. The molecule has 2 aromatic rings. The van der Waals surface area contributed by atoms with Crippen LogP contribution in [0.4, 0.5) is 5.69 Å². The Morgan fingerprint density at radius 2 is 2.29 bits per heavy atom. The van der Waals surface area contributed by atoms with Gasteiger partial charge in [-0.15, -0.1) is 0 Å². The van der Waals surface area contributed by atoms with Gasteiger partial charge in [-0.2, -0.15) is 5.10 Å². The number of amides is 1. The minimum absolute atomic E-state index is 0.0539. The highest BCUT2D eigenvalue weighted by Gasteiger charge is 2.23. The van der Waals surface area contributed by atoms with Crippen molar-refractivity contribution in [1.82, 2.24) is 15.1 Å². The summed E-state index contributed by atoms with van der Waals surface area (Å²) < 4.78 is 1.63. The molecular formula is C16H20N4O. The van der Waals surface area contributed by atoms with Gasteiger partial charge in [0.15, 0.2) is 0 Å². The molecule has 1 aliphatic carbocycles. The summed E-state index contributed by atoms with van der Waals surface area (Å²) in [5.41, 5.74) is 3.65. The minimum Gasteiger partial charge on any atom is -0.378 e. The number of carbonyl (C=O) groups excluding carboxylic acids is 1. The first-order chi connectivity index (χ1) is 10.2. The lowest BCUT2D eigenvalue weighted by Crippen LogP contribution is -2.23. The maximum Gasteiger partial charge on any atom is 0.241 e. The maximum absolute atomic E-state index is 11.3. The van der Waals surface area contributed by atoms with Gasteiger partial charge < -0.3 is 10.6 Å². The highest BCUT2D eigenvalue weighted by Crippen LogP contribution is 2.40. The molecule has 1 aromatic heterocycles. The fourth-order valence-electron chi connectivity index (χ4n) is 2.35. The Morgan fingerprint density at radius 3 is 3.05 bits per heavy atom. The van der Waals surface area contributed by atoms with Crippen LogP contribution in [0.2, 0.25) is 0 Å². The Hall–Kier alpha value is -2.30. The zero-order valence-electron chi connectivity index (χ0n) is 12.2. The van der Waals surface area contributed by atoms with Gasteiger partial charge in [0.1, 0.15) is 6.54 Å². The molecule has 0 saturated heterocycles. The number of anilines is 1. The predicted octanol–water partition coefficient (Wildman–Crippen LogP) is 2.12. The summed E-state index contributed by atoms with van der Waals surface area (Å²) in [4.78, 5) is 11.3. The van der Waals surface area contributed by atoms with Crippen LogP contribution in [0.5, 0.6) is 0 Å². The normalized spacial score (nSPS) is 14.0. The molecule has 0 unspecified atom stereocenters. The molecular weight excluding hydrogens is 264 g/mol. The molecule has 110 valence electrons. The van der Waals surface area contributed by atoms with Crippen LogP contribution in [0, 0.1) is 0 Å². The Bertz CT molecular complexity index is 631. The number of nitrogens with one attached hydrogen (secondary N) is 2. The smallest absolute Gasteiger partial charge is 0.241 e. The highest BCUT2D eigenvalue weighted by atomic mass is 16.1. The third-order valence-corrected chi connectivity index (χ3v) is 3.71. The van der Waals surface area contributed by atoms with E-state index in [0.717, 1.165) is 18.2 Å². The third-order valence-electron chi connectivity index (χ3n) is 3.71. The van der Waals surface area contributed by atoms with Crippen molar-refractivity contribution in [3.63, 3.8) is 0 Å². The van der Waals surface area contributed by atoms with Crippen molar-refractivity contribution >= 4 is 11.6 Å². The number of aromatic nitrogens is 2. The van der Waals surface area contributed by atoms with E-state index in [1.807, 2.05) is 6.20 Å². The number of likely N-dealkylation sites (N-methyl/N-ethyl adjacent to an activating group) is 1. The SMILES string of the molecule is CNC(=O)Cn1cc(NCc2cccc(C3CC3)c2)cn1. The Morgan fingerprint density at radius 1 is 1.43 bits per heavy atom. The molecule has 1 amide bonds. The molecule has 5 heteroatoms. The van der Waals surface area contributed by atoms with Crippen LogP contribution >= 0.6 is 0 Å². The average molecular weight is 284 g/mol. The third kappa shape index (κ3) is 3.62. The highest BCUT2D eigenvalue weighted by molar-refractivity contribution is 5.75. The predicted molar refractivity (Wildman–Crippen MR) is 82.0 cm³/mol. The van der Waals surface area contributed by atoms with Crippen LogP contribution in [-0.2, 0) is 17.9 Å². The molecule has 21 heavy (non-hydrogen) atoms. The van der Waals surface area contributed by atoms with Crippen LogP contribution in [0.3, 0.4) is 0 Å². The quantitative estimate of drug-likeness (QED) is 0.854. The fraction of sp³-hybridized carbons (Fsp3) is 0.375. The fourth-order valence-corrected chi connectivity index (χ4v) is 2.35. The lowest BCUT2D eigenvalue weighted by molar-refractivity contribution is -0.121. The zero-order chi connectivity index (χ0) is 14.7.